The quantitative estimate of drug-likeness (QED) is 0.836. The van der Waals surface area contributed by atoms with Crippen molar-refractivity contribution in [2.24, 2.45) is 5.73 Å². The van der Waals surface area contributed by atoms with E-state index < -0.39 is 0 Å². The number of nitrogens with two attached hydrogens (primary N) is 1. The fraction of sp³-hybridized carbons (Fsp3) is 0.462. The third kappa shape index (κ3) is 1.43. The maximum Gasteiger partial charge on any atom is 0.116 e. The predicted molar refractivity (Wildman–Crippen MR) is 64.3 cm³/mol. The lowest BCUT2D eigenvalue weighted by molar-refractivity contribution is 0.662. The standard InChI is InChI=1S/C13H17N3/c14-9-11-12-7-3-4-8-16(12)13(15-11)10-5-1-2-6-10/h3-4,7-8,10H,1-2,5-6,9,14H2. The third-order valence-electron chi connectivity index (χ3n) is 3.57. The fourth-order valence-corrected chi connectivity index (χ4v) is 2.75. The minimum atomic E-state index is 0.528. The first kappa shape index (κ1) is 9.85. The highest BCUT2D eigenvalue weighted by atomic mass is 15.0. The second-order valence-corrected chi connectivity index (χ2v) is 4.56. The Hall–Kier alpha value is -1.35. The van der Waals surface area contributed by atoms with Gasteiger partial charge < -0.3 is 10.1 Å². The van der Waals surface area contributed by atoms with Gasteiger partial charge in [-0.2, -0.15) is 0 Å². The van der Waals surface area contributed by atoms with E-state index in [1.165, 1.54) is 37.0 Å². The molecule has 0 bridgehead atoms. The number of pyridine rings is 1. The maximum absolute atomic E-state index is 5.75. The van der Waals surface area contributed by atoms with Crippen molar-refractivity contribution in [1.29, 1.82) is 0 Å². The van der Waals surface area contributed by atoms with Crippen LogP contribution in [-0.2, 0) is 6.54 Å². The first-order valence-corrected chi connectivity index (χ1v) is 6.06. The average molecular weight is 215 g/mol. The van der Waals surface area contributed by atoms with Crippen LogP contribution >= 0.6 is 0 Å². The van der Waals surface area contributed by atoms with Crippen molar-refractivity contribution in [1.82, 2.24) is 9.38 Å². The molecule has 3 nitrogen and oxygen atoms in total. The van der Waals surface area contributed by atoms with E-state index in [-0.39, 0.29) is 0 Å². The van der Waals surface area contributed by atoms with Crippen molar-refractivity contribution in [2.75, 3.05) is 0 Å². The van der Waals surface area contributed by atoms with Crippen LogP contribution in [0.4, 0.5) is 0 Å². The van der Waals surface area contributed by atoms with E-state index in [1.54, 1.807) is 0 Å². The van der Waals surface area contributed by atoms with Gasteiger partial charge in [-0.1, -0.05) is 18.9 Å². The Balaban J connectivity index is 2.16. The summed E-state index contributed by atoms with van der Waals surface area (Å²) in [7, 11) is 0. The lowest BCUT2D eigenvalue weighted by Crippen LogP contribution is -2.00. The zero-order valence-electron chi connectivity index (χ0n) is 9.39. The van der Waals surface area contributed by atoms with Crippen LogP contribution in [0, 0.1) is 0 Å². The number of rotatable bonds is 2. The van der Waals surface area contributed by atoms with Crippen molar-refractivity contribution in [3.63, 3.8) is 0 Å². The Morgan fingerprint density at radius 1 is 1.31 bits per heavy atom. The van der Waals surface area contributed by atoms with Gasteiger partial charge in [0.15, 0.2) is 0 Å². The molecule has 16 heavy (non-hydrogen) atoms. The molecular formula is C13H17N3. The molecule has 0 aliphatic heterocycles. The van der Waals surface area contributed by atoms with Crippen LogP contribution in [0.2, 0.25) is 0 Å². The van der Waals surface area contributed by atoms with Gasteiger partial charge in [-0.05, 0) is 25.0 Å². The molecule has 2 aromatic heterocycles. The lowest BCUT2D eigenvalue weighted by atomic mass is 10.1. The number of nitrogens with zero attached hydrogens (tertiary/aromatic N) is 2. The van der Waals surface area contributed by atoms with Crippen LogP contribution in [0.15, 0.2) is 24.4 Å². The number of hydrogen-bond donors (Lipinski definition) is 1. The summed E-state index contributed by atoms with van der Waals surface area (Å²) < 4.78 is 2.22. The van der Waals surface area contributed by atoms with Gasteiger partial charge in [0.1, 0.15) is 5.82 Å². The molecule has 2 aromatic rings. The Morgan fingerprint density at radius 3 is 2.88 bits per heavy atom. The maximum atomic E-state index is 5.75. The Bertz CT molecular complexity index is 495. The van der Waals surface area contributed by atoms with Crippen LogP contribution in [0.5, 0.6) is 0 Å². The second-order valence-electron chi connectivity index (χ2n) is 4.56. The van der Waals surface area contributed by atoms with Crippen LogP contribution in [0.1, 0.15) is 43.1 Å². The van der Waals surface area contributed by atoms with E-state index >= 15 is 0 Å². The van der Waals surface area contributed by atoms with Crippen molar-refractivity contribution in [3.05, 3.63) is 35.9 Å². The second kappa shape index (κ2) is 3.91. The van der Waals surface area contributed by atoms with Crippen molar-refractivity contribution < 1.29 is 0 Å². The molecule has 1 fully saturated rings. The molecule has 0 spiro atoms. The summed E-state index contributed by atoms with van der Waals surface area (Å²) >= 11 is 0. The van der Waals surface area contributed by atoms with Crippen LogP contribution in [0.3, 0.4) is 0 Å². The molecule has 2 N–H and O–H groups in total. The first-order valence-electron chi connectivity index (χ1n) is 6.06. The average Bonchev–Trinajstić information content (AvgIpc) is 2.95. The number of hydrogen-bond acceptors (Lipinski definition) is 2. The summed E-state index contributed by atoms with van der Waals surface area (Å²) in [6.07, 6.45) is 7.33. The highest BCUT2D eigenvalue weighted by Crippen LogP contribution is 2.34. The molecule has 0 amide bonds. The summed E-state index contributed by atoms with van der Waals surface area (Å²) in [5.74, 6) is 1.85. The SMILES string of the molecule is NCc1nc(C2CCCC2)n2ccccc12. The predicted octanol–water partition coefficient (Wildman–Crippen LogP) is 2.45. The van der Waals surface area contributed by atoms with Crippen LogP contribution in [0.25, 0.3) is 5.52 Å². The number of fused-ring (bicyclic) bond motifs is 1. The molecule has 1 aliphatic rings. The van der Waals surface area contributed by atoms with Gasteiger partial charge in [0.05, 0.1) is 11.2 Å². The minimum Gasteiger partial charge on any atom is -0.325 e. The highest BCUT2D eigenvalue weighted by molar-refractivity contribution is 5.53. The van der Waals surface area contributed by atoms with Crippen molar-refractivity contribution in [2.45, 2.75) is 38.1 Å². The summed E-state index contributed by atoms with van der Waals surface area (Å²) in [5, 5.41) is 0. The molecule has 84 valence electrons. The monoisotopic (exact) mass is 215 g/mol. The van der Waals surface area contributed by atoms with Gasteiger partial charge in [-0.15, -0.1) is 0 Å². The molecule has 0 saturated heterocycles. The molecule has 0 atom stereocenters. The Kier molecular flexibility index (Phi) is 2.40. The molecule has 1 saturated carbocycles. The van der Waals surface area contributed by atoms with Gasteiger partial charge in [0.25, 0.3) is 0 Å². The number of aromatic nitrogens is 2. The third-order valence-corrected chi connectivity index (χ3v) is 3.57. The summed E-state index contributed by atoms with van der Waals surface area (Å²) in [4.78, 5) is 4.73. The first-order chi connectivity index (χ1) is 7.90. The number of imidazole rings is 1. The summed E-state index contributed by atoms with van der Waals surface area (Å²) in [5.41, 5.74) is 7.96. The van der Waals surface area contributed by atoms with E-state index in [9.17, 15) is 0 Å². The zero-order chi connectivity index (χ0) is 11.0. The normalized spacial score (nSPS) is 17.3. The molecule has 0 radical (unpaired) electrons. The van der Waals surface area contributed by atoms with Gasteiger partial charge in [-0.3, -0.25) is 0 Å². The highest BCUT2D eigenvalue weighted by Gasteiger charge is 2.22. The summed E-state index contributed by atoms with van der Waals surface area (Å²) in [6, 6.07) is 6.22. The van der Waals surface area contributed by atoms with Gasteiger partial charge in [0, 0.05) is 18.7 Å². The lowest BCUT2D eigenvalue weighted by Gasteiger charge is -2.07. The molecule has 3 rings (SSSR count). The molecule has 0 aromatic carbocycles. The van der Waals surface area contributed by atoms with E-state index in [4.69, 9.17) is 10.7 Å². The molecule has 1 aliphatic carbocycles. The van der Waals surface area contributed by atoms with Crippen LogP contribution in [-0.4, -0.2) is 9.38 Å². The smallest absolute Gasteiger partial charge is 0.116 e. The van der Waals surface area contributed by atoms with E-state index in [0.717, 1.165) is 5.69 Å². The largest absolute Gasteiger partial charge is 0.325 e. The molecule has 3 heteroatoms. The van der Waals surface area contributed by atoms with Crippen LogP contribution < -0.4 is 5.73 Å². The van der Waals surface area contributed by atoms with E-state index in [0.29, 0.717) is 12.5 Å². The Labute approximate surface area is 95.3 Å². The zero-order valence-corrected chi connectivity index (χ0v) is 9.39. The molecule has 2 heterocycles. The van der Waals surface area contributed by atoms with E-state index in [2.05, 4.69) is 28.8 Å². The van der Waals surface area contributed by atoms with E-state index in [1.807, 2.05) is 0 Å². The van der Waals surface area contributed by atoms with Gasteiger partial charge in [-0.25, -0.2) is 4.98 Å². The minimum absolute atomic E-state index is 0.528. The molecular weight excluding hydrogens is 198 g/mol. The summed E-state index contributed by atoms with van der Waals surface area (Å²) in [6.45, 7) is 0.528. The fourth-order valence-electron chi connectivity index (χ4n) is 2.75. The van der Waals surface area contributed by atoms with Gasteiger partial charge >= 0.3 is 0 Å². The van der Waals surface area contributed by atoms with Gasteiger partial charge in [0.2, 0.25) is 0 Å². The molecule has 0 unspecified atom stereocenters. The van der Waals surface area contributed by atoms with Crippen molar-refractivity contribution in [3.8, 4) is 0 Å². The topological polar surface area (TPSA) is 43.3 Å². The van der Waals surface area contributed by atoms with Crippen molar-refractivity contribution >= 4 is 5.52 Å². The Morgan fingerprint density at radius 2 is 2.12 bits per heavy atom.